The zero-order chi connectivity index (χ0) is 26.8. The SMILES string of the molecule is C#CN(C(=O)C(CO)NC(=O)OC(C)(C)C)C(C(=O)NCCC(=O)OCC)c1ccc(C)c(C)c1. The van der Waals surface area contributed by atoms with Crippen molar-refractivity contribution in [1.82, 2.24) is 15.5 Å². The molecule has 0 heterocycles. The third kappa shape index (κ3) is 9.29. The summed E-state index contributed by atoms with van der Waals surface area (Å²) in [4.78, 5) is 51.0. The molecule has 0 aliphatic rings. The largest absolute Gasteiger partial charge is 0.466 e. The van der Waals surface area contributed by atoms with Crippen LogP contribution in [0.2, 0.25) is 0 Å². The van der Waals surface area contributed by atoms with Crippen molar-refractivity contribution < 1.29 is 33.8 Å². The molecule has 0 aromatic heterocycles. The van der Waals surface area contributed by atoms with Crippen LogP contribution in [0.5, 0.6) is 0 Å². The Morgan fingerprint density at radius 3 is 2.34 bits per heavy atom. The van der Waals surface area contributed by atoms with E-state index in [1.165, 1.54) is 0 Å². The number of benzene rings is 1. The molecular formula is C25H35N3O7. The van der Waals surface area contributed by atoms with Gasteiger partial charge in [-0.05, 0) is 58.2 Å². The fraction of sp³-hybridized carbons (Fsp3) is 0.520. The quantitative estimate of drug-likeness (QED) is 0.259. The van der Waals surface area contributed by atoms with Crippen LogP contribution in [0.25, 0.3) is 0 Å². The number of carbonyl (C=O) groups excluding carboxylic acids is 4. The van der Waals surface area contributed by atoms with Crippen molar-refractivity contribution in [2.45, 2.75) is 65.6 Å². The van der Waals surface area contributed by atoms with Gasteiger partial charge in [-0.1, -0.05) is 24.6 Å². The third-order valence-corrected chi connectivity index (χ3v) is 4.84. The minimum atomic E-state index is -1.46. The van der Waals surface area contributed by atoms with Crippen molar-refractivity contribution in [2.75, 3.05) is 19.8 Å². The summed E-state index contributed by atoms with van der Waals surface area (Å²) in [5, 5.41) is 14.7. The molecule has 0 radical (unpaired) electrons. The average molecular weight is 490 g/mol. The minimum Gasteiger partial charge on any atom is -0.466 e. The number of terminal acetylenes is 1. The number of ether oxygens (including phenoxy) is 2. The lowest BCUT2D eigenvalue weighted by atomic mass is 9.98. The number of esters is 1. The number of carbonyl (C=O) groups is 4. The molecule has 10 heteroatoms. The Kier molecular flexibility index (Phi) is 11.2. The van der Waals surface area contributed by atoms with E-state index < -0.39 is 48.2 Å². The highest BCUT2D eigenvalue weighted by atomic mass is 16.6. The lowest BCUT2D eigenvalue weighted by molar-refractivity contribution is -0.143. The van der Waals surface area contributed by atoms with E-state index in [-0.39, 0.29) is 19.6 Å². The second-order valence-electron chi connectivity index (χ2n) is 8.81. The zero-order valence-corrected chi connectivity index (χ0v) is 21.1. The average Bonchev–Trinajstić information content (AvgIpc) is 2.76. The van der Waals surface area contributed by atoms with Gasteiger partial charge in [0.05, 0.1) is 19.6 Å². The van der Waals surface area contributed by atoms with Crippen LogP contribution >= 0.6 is 0 Å². The molecule has 0 saturated carbocycles. The van der Waals surface area contributed by atoms with Crippen molar-refractivity contribution in [3.63, 3.8) is 0 Å². The predicted molar refractivity (Wildman–Crippen MR) is 129 cm³/mol. The Hall–Kier alpha value is -3.58. The fourth-order valence-corrected chi connectivity index (χ4v) is 3.04. The second kappa shape index (κ2) is 13.3. The number of rotatable bonds is 10. The normalized spacial score (nSPS) is 12.5. The predicted octanol–water partition coefficient (Wildman–Crippen LogP) is 1.72. The van der Waals surface area contributed by atoms with Crippen LogP contribution in [0.4, 0.5) is 4.79 Å². The van der Waals surface area contributed by atoms with Crippen LogP contribution < -0.4 is 10.6 Å². The molecule has 2 atom stereocenters. The van der Waals surface area contributed by atoms with Gasteiger partial charge >= 0.3 is 12.1 Å². The summed E-state index contributed by atoms with van der Waals surface area (Å²) in [5.74, 6) is -2.01. The number of hydrogen-bond donors (Lipinski definition) is 3. The number of aliphatic hydroxyl groups is 1. The van der Waals surface area contributed by atoms with E-state index in [0.29, 0.717) is 5.56 Å². The maximum Gasteiger partial charge on any atom is 0.408 e. The Labute approximate surface area is 206 Å². The van der Waals surface area contributed by atoms with Crippen LogP contribution in [-0.4, -0.2) is 65.3 Å². The van der Waals surface area contributed by atoms with Gasteiger partial charge in [0.25, 0.3) is 5.91 Å². The Bertz CT molecular complexity index is 963. The van der Waals surface area contributed by atoms with Crippen molar-refractivity contribution in [2.24, 2.45) is 0 Å². The maximum atomic E-state index is 13.2. The molecule has 35 heavy (non-hydrogen) atoms. The van der Waals surface area contributed by atoms with Gasteiger partial charge < -0.3 is 25.2 Å². The van der Waals surface area contributed by atoms with E-state index in [2.05, 4.69) is 16.7 Å². The van der Waals surface area contributed by atoms with Crippen molar-refractivity contribution in [3.8, 4) is 12.5 Å². The first kappa shape index (κ1) is 29.5. The first-order valence-electron chi connectivity index (χ1n) is 11.2. The van der Waals surface area contributed by atoms with Crippen LogP contribution in [-0.2, 0) is 23.9 Å². The first-order valence-corrected chi connectivity index (χ1v) is 11.2. The summed E-state index contributed by atoms with van der Waals surface area (Å²) in [5.41, 5.74) is 1.41. The standard InChI is InChI=1S/C25H35N3O7/c1-8-28(23(32)19(15-29)27-24(33)35-25(5,6)7)21(18-11-10-16(3)17(4)14-18)22(31)26-13-12-20(30)34-9-2/h1,10-11,14,19,21,29H,9,12-13,15H2,2-7H3,(H,26,31)(H,27,33). The van der Waals surface area contributed by atoms with Crippen LogP contribution in [0.3, 0.4) is 0 Å². The summed E-state index contributed by atoms with van der Waals surface area (Å²) < 4.78 is 10.00. The van der Waals surface area contributed by atoms with E-state index in [1.54, 1.807) is 45.9 Å². The van der Waals surface area contributed by atoms with Crippen LogP contribution in [0, 0.1) is 26.3 Å². The number of nitrogens with one attached hydrogen (secondary N) is 2. The van der Waals surface area contributed by atoms with Gasteiger partial charge in [-0.2, -0.15) is 0 Å². The molecule has 192 valence electrons. The Balaban J connectivity index is 3.24. The zero-order valence-electron chi connectivity index (χ0n) is 21.1. The summed E-state index contributed by atoms with van der Waals surface area (Å²) in [6.07, 6.45) is 4.64. The van der Waals surface area contributed by atoms with E-state index in [0.717, 1.165) is 16.0 Å². The Morgan fingerprint density at radius 1 is 1.17 bits per heavy atom. The first-order chi connectivity index (χ1) is 16.3. The highest BCUT2D eigenvalue weighted by molar-refractivity contribution is 5.93. The molecule has 1 aromatic rings. The summed E-state index contributed by atoms with van der Waals surface area (Å²) >= 11 is 0. The second-order valence-corrected chi connectivity index (χ2v) is 8.81. The fourth-order valence-electron chi connectivity index (χ4n) is 3.04. The molecule has 0 fully saturated rings. The van der Waals surface area contributed by atoms with Gasteiger partial charge in [0.1, 0.15) is 17.7 Å². The van der Waals surface area contributed by atoms with Gasteiger partial charge in [0.2, 0.25) is 5.91 Å². The lowest BCUT2D eigenvalue weighted by Gasteiger charge is -2.30. The lowest BCUT2D eigenvalue weighted by Crippen LogP contribution is -2.53. The molecule has 1 rings (SSSR count). The van der Waals surface area contributed by atoms with Crippen LogP contribution in [0.1, 0.15) is 56.8 Å². The van der Waals surface area contributed by atoms with Crippen molar-refractivity contribution >= 4 is 23.9 Å². The smallest absolute Gasteiger partial charge is 0.408 e. The molecule has 0 spiro atoms. The summed E-state index contributed by atoms with van der Waals surface area (Å²) in [6.45, 7) is 9.74. The monoisotopic (exact) mass is 489 g/mol. The molecule has 0 bridgehead atoms. The van der Waals surface area contributed by atoms with Crippen molar-refractivity contribution in [3.05, 3.63) is 34.9 Å². The molecule has 10 nitrogen and oxygen atoms in total. The molecule has 2 unspecified atom stereocenters. The number of nitrogens with zero attached hydrogens (tertiary/aromatic N) is 1. The number of hydrogen-bond acceptors (Lipinski definition) is 7. The molecule has 3 N–H and O–H groups in total. The third-order valence-electron chi connectivity index (χ3n) is 4.84. The Morgan fingerprint density at radius 2 is 1.83 bits per heavy atom. The molecule has 1 aromatic carbocycles. The topological polar surface area (TPSA) is 134 Å². The number of aliphatic hydroxyl groups excluding tert-OH is 1. The van der Waals surface area contributed by atoms with E-state index >= 15 is 0 Å². The van der Waals surface area contributed by atoms with Gasteiger partial charge in [-0.25, -0.2) is 4.79 Å². The van der Waals surface area contributed by atoms with Gasteiger partial charge in [-0.15, -0.1) is 0 Å². The van der Waals surface area contributed by atoms with E-state index in [1.807, 2.05) is 13.8 Å². The van der Waals surface area contributed by atoms with Gasteiger partial charge in [0.15, 0.2) is 0 Å². The maximum absolute atomic E-state index is 13.2. The number of aryl methyl sites for hydroxylation is 2. The number of amides is 3. The molecule has 3 amide bonds. The minimum absolute atomic E-state index is 0.0365. The highest BCUT2D eigenvalue weighted by Crippen LogP contribution is 2.24. The van der Waals surface area contributed by atoms with E-state index in [9.17, 15) is 24.3 Å². The molecule has 0 aliphatic carbocycles. The number of alkyl carbamates (subject to hydrolysis) is 1. The van der Waals surface area contributed by atoms with Crippen molar-refractivity contribution in [1.29, 1.82) is 0 Å². The van der Waals surface area contributed by atoms with Crippen LogP contribution in [0.15, 0.2) is 18.2 Å². The highest BCUT2D eigenvalue weighted by Gasteiger charge is 2.35. The summed E-state index contributed by atoms with van der Waals surface area (Å²) in [7, 11) is 0. The van der Waals surface area contributed by atoms with Gasteiger partial charge in [-0.3, -0.25) is 19.3 Å². The molecule has 0 aliphatic heterocycles. The molecule has 0 saturated heterocycles. The van der Waals surface area contributed by atoms with E-state index in [4.69, 9.17) is 15.9 Å². The summed E-state index contributed by atoms with van der Waals surface area (Å²) in [6, 6.07) is 4.62. The van der Waals surface area contributed by atoms with Gasteiger partial charge in [0, 0.05) is 12.6 Å². The molecular weight excluding hydrogens is 454 g/mol.